The summed E-state index contributed by atoms with van der Waals surface area (Å²) in [5.74, 6) is 0.528. The molecule has 1 heterocycles. The first kappa shape index (κ1) is 19.6. The fraction of sp³-hybridized carbons (Fsp3) is 0.556. The summed E-state index contributed by atoms with van der Waals surface area (Å²) in [7, 11) is 1.74. The molecule has 1 atom stereocenters. The highest BCUT2D eigenvalue weighted by molar-refractivity contribution is 9.10. The number of anilines is 1. The van der Waals surface area contributed by atoms with Crippen LogP contribution in [0.25, 0.3) is 0 Å². The van der Waals surface area contributed by atoms with E-state index < -0.39 is 0 Å². The number of halogens is 1. The zero-order chi connectivity index (χ0) is 18.2. The first-order valence-corrected chi connectivity index (χ1v) is 9.44. The summed E-state index contributed by atoms with van der Waals surface area (Å²) in [6.45, 7) is 6.15. The lowest BCUT2D eigenvalue weighted by Gasteiger charge is -2.20. The average molecular weight is 411 g/mol. The summed E-state index contributed by atoms with van der Waals surface area (Å²) >= 11 is 3.47. The Balaban J connectivity index is 1.75. The van der Waals surface area contributed by atoms with E-state index in [0.717, 1.165) is 29.9 Å². The van der Waals surface area contributed by atoms with Crippen molar-refractivity contribution >= 4 is 33.5 Å². The van der Waals surface area contributed by atoms with Gasteiger partial charge in [-0.05, 0) is 44.5 Å². The topological polar surface area (TPSA) is 66.0 Å². The highest BCUT2D eigenvalue weighted by Crippen LogP contribution is 2.22. The molecule has 1 aromatic rings. The lowest BCUT2D eigenvalue weighted by Crippen LogP contribution is -2.45. The summed E-state index contributed by atoms with van der Waals surface area (Å²) in [5.41, 5.74) is 1.23. The van der Waals surface area contributed by atoms with Gasteiger partial charge in [-0.15, -0.1) is 0 Å². The fourth-order valence-electron chi connectivity index (χ4n) is 2.76. The molecule has 138 valence electrons. The largest absolute Gasteiger partial charge is 0.463 e. The number of carbonyl (C=O) groups is 1. The number of aliphatic imine (C=N–C) groups is 1. The molecule has 1 aliphatic heterocycles. The Labute approximate surface area is 158 Å². The van der Waals surface area contributed by atoms with Gasteiger partial charge < -0.3 is 20.3 Å². The van der Waals surface area contributed by atoms with E-state index in [0.29, 0.717) is 19.0 Å². The average Bonchev–Trinajstić information content (AvgIpc) is 3.02. The number of carbonyl (C=O) groups excluding carboxylic acids is 1. The summed E-state index contributed by atoms with van der Waals surface area (Å²) in [4.78, 5) is 18.2. The van der Waals surface area contributed by atoms with Gasteiger partial charge >= 0.3 is 5.97 Å². The molecule has 0 bridgehead atoms. The Morgan fingerprint density at radius 3 is 2.76 bits per heavy atom. The molecule has 1 unspecified atom stereocenters. The van der Waals surface area contributed by atoms with Crippen LogP contribution in [0.15, 0.2) is 33.7 Å². The van der Waals surface area contributed by atoms with E-state index in [9.17, 15) is 4.79 Å². The van der Waals surface area contributed by atoms with Gasteiger partial charge in [0.2, 0.25) is 0 Å². The van der Waals surface area contributed by atoms with E-state index in [1.807, 2.05) is 13.8 Å². The number of guanidine groups is 1. The Kier molecular flexibility index (Phi) is 7.55. The number of ether oxygens (including phenoxy) is 1. The monoisotopic (exact) mass is 410 g/mol. The van der Waals surface area contributed by atoms with Crippen LogP contribution in [0, 0.1) is 0 Å². The van der Waals surface area contributed by atoms with E-state index in [1.165, 1.54) is 5.69 Å². The first-order chi connectivity index (χ1) is 12.0. The van der Waals surface area contributed by atoms with Crippen LogP contribution < -0.4 is 15.5 Å². The van der Waals surface area contributed by atoms with Gasteiger partial charge in [0.05, 0.1) is 12.5 Å². The number of nitrogens with zero attached hydrogens (tertiary/aromatic N) is 2. The van der Waals surface area contributed by atoms with Gasteiger partial charge in [-0.25, -0.2) is 0 Å². The molecule has 1 aliphatic rings. The molecule has 0 aliphatic carbocycles. The van der Waals surface area contributed by atoms with Crippen molar-refractivity contribution in [3.8, 4) is 0 Å². The molecule has 25 heavy (non-hydrogen) atoms. The minimum absolute atomic E-state index is 0.0759. The molecule has 0 saturated carbocycles. The SMILES string of the molecule is CN=C(NCCC(=O)OC(C)C)NC1CCN(c2ccc(Br)cc2)C1. The second kappa shape index (κ2) is 9.65. The molecule has 1 aromatic carbocycles. The molecule has 1 fully saturated rings. The highest BCUT2D eigenvalue weighted by Gasteiger charge is 2.23. The van der Waals surface area contributed by atoms with Crippen molar-refractivity contribution in [2.75, 3.05) is 31.6 Å². The minimum atomic E-state index is -0.194. The normalized spacial score (nSPS) is 17.7. The molecule has 0 radical (unpaired) electrons. The molecule has 6 nitrogen and oxygen atoms in total. The summed E-state index contributed by atoms with van der Waals surface area (Å²) in [6, 6.07) is 8.71. The van der Waals surface area contributed by atoms with Crippen LogP contribution in [-0.4, -0.2) is 50.8 Å². The van der Waals surface area contributed by atoms with E-state index in [4.69, 9.17) is 4.74 Å². The molecule has 0 aromatic heterocycles. The fourth-order valence-corrected chi connectivity index (χ4v) is 3.02. The van der Waals surface area contributed by atoms with Crippen molar-refractivity contribution in [3.05, 3.63) is 28.7 Å². The van der Waals surface area contributed by atoms with Gasteiger partial charge in [0.1, 0.15) is 0 Å². The van der Waals surface area contributed by atoms with Crippen LogP contribution in [0.5, 0.6) is 0 Å². The van der Waals surface area contributed by atoms with Crippen molar-refractivity contribution in [1.82, 2.24) is 10.6 Å². The minimum Gasteiger partial charge on any atom is -0.463 e. The van der Waals surface area contributed by atoms with Crippen LogP contribution in [0.1, 0.15) is 26.7 Å². The Hall–Kier alpha value is -1.76. The van der Waals surface area contributed by atoms with E-state index in [1.54, 1.807) is 7.05 Å². The Bertz CT molecular complexity index is 589. The number of benzene rings is 1. The van der Waals surface area contributed by atoms with Gasteiger partial charge in [-0.2, -0.15) is 0 Å². The highest BCUT2D eigenvalue weighted by atomic mass is 79.9. The van der Waals surface area contributed by atoms with Crippen LogP contribution in [0.2, 0.25) is 0 Å². The van der Waals surface area contributed by atoms with Gasteiger partial charge in [0, 0.05) is 42.9 Å². The van der Waals surface area contributed by atoms with Crippen molar-refractivity contribution in [1.29, 1.82) is 0 Å². The van der Waals surface area contributed by atoms with Gasteiger partial charge in [-0.3, -0.25) is 9.79 Å². The van der Waals surface area contributed by atoms with Crippen molar-refractivity contribution < 1.29 is 9.53 Å². The summed E-state index contributed by atoms with van der Waals surface area (Å²) < 4.78 is 6.21. The molecule has 0 amide bonds. The van der Waals surface area contributed by atoms with Crippen LogP contribution in [0.3, 0.4) is 0 Å². The molecule has 0 spiro atoms. The Morgan fingerprint density at radius 1 is 1.40 bits per heavy atom. The molecule has 1 saturated heterocycles. The predicted octanol–water partition coefficient (Wildman–Crippen LogP) is 2.53. The van der Waals surface area contributed by atoms with Gasteiger partial charge in [0.25, 0.3) is 0 Å². The lowest BCUT2D eigenvalue weighted by atomic mass is 10.2. The third-order valence-electron chi connectivity index (χ3n) is 3.93. The molecule has 2 N–H and O–H groups in total. The maximum atomic E-state index is 11.6. The lowest BCUT2D eigenvalue weighted by molar-refractivity contribution is -0.147. The van der Waals surface area contributed by atoms with Gasteiger partial charge in [0.15, 0.2) is 5.96 Å². The second-order valence-electron chi connectivity index (χ2n) is 6.34. The third kappa shape index (κ3) is 6.57. The van der Waals surface area contributed by atoms with Crippen LogP contribution in [-0.2, 0) is 9.53 Å². The molecular formula is C18H27BrN4O2. The van der Waals surface area contributed by atoms with Crippen LogP contribution >= 0.6 is 15.9 Å². The molecule has 7 heteroatoms. The maximum absolute atomic E-state index is 11.6. The predicted molar refractivity (Wildman–Crippen MR) is 105 cm³/mol. The quantitative estimate of drug-likeness (QED) is 0.428. The zero-order valence-electron chi connectivity index (χ0n) is 15.1. The number of rotatable bonds is 6. The number of nitrogens with one attached hydrogen (secondary N) is 2. The van der Waals surface area contributed by atoms with Gasteiger partial charge in [-0.1, -0.05) is 15.9 Å². The van der Waals surface area contributed by atoms with Crippen molar-refractivity contribution in [2.24, 2.45) is 4.99 Å². The number of hydrogen-bond donors (Lipinski definition) is 2. The van der Waals surface area contributed by atoms with Crippen molar-refractivity contribution in [3.63, 3.8) is 0 Å². The molecule has 2 rings (SSSR count). The standard InChI is InChI=1S/C18H27BrN4O2/c1-13(2)25-17(24)8-10-21-18(20-3)22-15-9-11-23(12-15)16-6-4-14(19)5-7-16/h4-7,13,15H,8-12H2,1-3H3,(H2,20,21,22). The zero-order valence-corrected chi connectivity index (χ0v) is 16.7. The number of esters is 1. The summed E-state index contributed by atoms with van der Waals surface area (Å²) in [5, 5.41) is 6.60. The first-order valence-electron chi connectivity index (χ1n) is 8.65. The van der Waals surface area contributed by atoms with Crippen molar-refractivity contribution in [2.45, 2.75) is 38.8 Å². The van der Waals surface area contributed by atoms with Crippen LogP contribution in [0.4, 0.5) is 5.69 Å². The number of hydrogen-bond acceptors (Lipinski definition) is 4. The molecular weight excluding hydrogens is 384 g/mol. The van der Waals surface area contributed by atoms with E-state index in [2.05, 4.69) is 60.7 Å². The third-order valence-corrected chi connectivity index (χ3v) is 4.46. The van der Waals surface area contributed by atoms with E-state index in [-0.39, 0.29) is 12.1 Å². The Morgan fingerprint density at radius 2 is 2.12 bits per heavy atom. The van der Waals surface area contributed by atoms with E-state index >= 15 is 0 Å². The smallest absolute Gasteiger partial charge is 0.307 e. The maximum Gasteiger partial charge on any atom is 0.307 e. The summed E-state index contributed by atoms with van der Waals surface area (Å²) in [6.07, 6.45) is 1.30. The second-order valence-corrected chi connectivity index (χ2v) is 7.26.